The number of hydrogen-bond acceptors (Lipinski definition) is 3. The van der Waals surface area contributed by atoms with Crippen molar-refractivity contribution in [2.45, 2.75) is 25.8 Å². The second-order valence-corrected chi connectivity index (χ2v) is 5.48. The van der Waals surface area contributed by atoms with Crippen LogP contribution in [0.5, 0.6) is 0 Å². The lowest BCUT2D eigenvalue weighted by atomic mass is 10.1. The van der Waals surface area contributed by atoms with Crippen LogP contribution in [0, 0.1) is 12.8 Å². The van der Waals surface area contributed by atoms with E-state index in [1.807, 2.05) is 37.3 Å². The van der Waals surface area contributed by atoms with Crippen molar-refractivity contribution in [2.24, 2.45) is 11.7 Å². The molecule has 1 aliphatic rings. The Balaban J connectivity index is 0.00000121. The quantitative estimate of drug-likeness (QED) is 0.898. The molecule has 0 bridgehead atoms. The minimum atomic E-state index is -0.0472. The van der Waals surface area contributed by atoms with E-state index >= 15 is 0 Å². The highest BCUT2D eigenvalue weighted by molar-refractivity contribution is 6.06. The molecule has 1 unspecified atom stereocenters. The summed E-state index contributed by atoms with van der Waals surface area (Å²) in [4.78, 5) is 17.0. The number of rotatable bonds is 4. The molecule has 3 rings (SSSR count). The van der Waals surface area contributed by atoms with Crippen molar-refractivity contribution in [3.8, 4) is 0 Å². The van der Waals surface area contributed by atoms with Crippen LogP contribution in [0.1, 0.15) is 28.9 Å². The molecule has 1 saturated carbocycles. The first-order valence-corrected chi connectivity index (χ1v) is 7.06. The number of aryl methyl sites for hydroxylation is 1. The number of nitrogens with two attached hydrogens (primary N) is 1. The number of carbonyl (C=O) groups excluding carboxylic acids is 1. The first-order chi connectivity index (χ1) is 9.69. The van der Waals surface area contributed by atoms with E-state index in [0.717, 1.165) is 29.4 Å². The maximum Gasteiger partial charge on any atom is 0.252 e. The van der Waals surface area contributed by atoms with Gasteiger partial charge >= 0.3 is 0 Å². The monoisotopic (exact) mass is 341 g/mol. The summed E-state index contributed by atoms with van der Waals surface area (Å²) in [5, 5.41) is 3.96. The van der Waals surface area contributed by atoms with Gasteiger partial charge in [0.25, 0.3) is 5.91 Å². The average molecular weight is 342 g/mol. The van der Waals surface area contributed by atoms with Crippen LogP contribution in [0.4, 0.5) is 0 Å². The summed E-state index contributed by atoms with van der Waals surface area (Å²) in [7, 11) is 0. The highest BCUT2D eigenvalue weighted by atomic mass is 35.5. The Morgan fingerprint density at radius 1 is 1.36 bits per heavy atom. The molecular formula is C16H21Cl2N3O. The van der Waals surface area contributed by atoms with Gasteiger partial charge in [0.15, 0.2) is 0 Å². The maximum atomic E-state index is 12.5. The summed E-state index contributed by atoms with van der Waals surface area (Å²) in [5.74, 6) is 0.507. The summed E-state index contributed by atoms with van der Waals surface area (Å²) in [6.45, 7) is 2.41. The van der Waals surface area contributed by atoms with E-state index in [0.29, 0.717) is 18.0 Å². The lowest BCUT2D eigenvalue weighted by molar-refractivity contribution is 0.0935. The molecular weight excluding hydrogens is 321 g/mol. The topological polar surface area (TPSA) is 68.0 Å². The second-order valence-electron chi connectivity index (χ2n) is 5.48. The van der Waals surface area contributed by atoms with Crippen molar-refractivity contribution in [1.29, 1.82) is 0 Å². The molecule has 0 spiro atoms. The largest absolute Gasteiger partial charge is 0.348 e. The fourth-order valence-electron chi connectivity index (χ4n) is 2.61. The third kappa shape index (κ3) is 3.88. The number of halogens is 2. The zero-order valence-electron chi connectivity index (χ0n) is 12.4. The molecule has 22 heavy (non-hydrogen) atoms. The molecule has 1 aliphatic carbocycles. The molecule has 1 heterocycles. The predicted octanol–water partition coefficient (Wildman–Crippen LogP) is 2.85. The van der Waals surface area contributed by atoms with Crippen LogP contribution in [0.15, 0.2) is 30.3 Å². The number of fused-ring (bicyclic) bond motifs is 1. The van der Waals surface area contributed by atoms with Crippen LogP contribution in [-0.4, -0.2) is 23.5 Å². The SMILES string of the molecule is Cc1cc(C(=O)NC(CN)C2CC2)c2ccccc2n1.Cl.Cl. The van der Waals surface area contributed by atoms with E-state index in [1.54, 1.807) is 0 Å². The molecule has 1 amide bonds. The van der Waals surface area contributed by atoms with Gasteiger partial charge in [0.05, 0.1) is 11.1 Å². The van der Waals surface area contributed by atoms with Gasteiger partial charge in [-0.2, -0.15) is 0 Å². The van der Waals surface area contributed by atoms with Gasteiger partial charge in [-0.1, -0.05) is 18.2 Å². The summed E-state index contributed by atoms with van der Waals surface area (Å²) < 4.78 is 0. The second kappa shape index (κ2) is 7.77. The number of hydrogen-bond donors (Lipinski definition) is 2. The van der Waals surface area contributed by atoms with Crippen molar-refractivity contribution in [2.75, 3.05) is 6.54 Å². The Hall–Kier alpha value is -1.36. The van der Waals surface area contributed by atoms with E-state index in [4.69, 9.17) is 5.73 Å². The Morgan fingerprint density at radius 3 is 2.68 bits per heavy atom. The van der Waals surface area contributed by atoms with Crippen molar-refractivity contribution in [1.82, 2.24) is 10.3 Å². The Morgan fingerprint density at radius 2 is 2.05 bits per heavy atom. The van der Waals surface area contributed by atoms with Crippen molar-refractivity contribution >= 4 is 41.6 Å². The number of benzene rings is 1. The van der Waals surface area contributed by atoms with Gasteiger partial charge in [-0.05, 0) is 37.8 Å². The molecule has 0 radical (unpaired) electrons. The molecule has 1 fully saturated rings. The van der Waals surface area contributed by atoms with Crippen LogP contribution >= 0.6 is 24.8 Å². The van der Waals surface area contributed by atoms with Crippen molar-refractivity contribution in [3.05, 3.63) is 41.6 Å². The van der Waals surface area contributed by atoms with E-state index in [1.165, 1.54) is 0 Å². The van der Waals surface area contributed by atoms with Gasteiger partial charge in [-0.15, -0.1) is 24.8 Å². The number of para-hydroxylation sites is 1. The highest BCUT2D eigenvalue weighted by Gasteiger charge is 2.31. The standard InChI is InChI=1S/C16H19N3O.2ClH/c1-10-8-13(12-4-2-3-5-14(12)18-10)16(20)19-15(9-17)11-6-7-11;;/h2-5,8,11,15H,6-7,9,17H2,1H3,(H,19,20);2*1H. The molecule has 120 valence electrons. The number of aromatic nitrogens is 1. The third-order valence-electron chi connectivity index (χ3n) is 3.85. The minimum absolute atomic E-state index is 0. The van der Waals surface area contributed by atoms with Crippen LogP contribution < -0.4 is 11.1 Å². The molecule has 3 N–H and O–H groups in total. The third-order valence-corrected chi connectivity index (χ3v) is 3.85. The molecule has 1 aromatic heterocycles. The first kappa shape index (κ1) is 18.7. The number of nitrogens with one attached hydrogen (secondary N) is 1. The molecule has 2 aromatic rings. The molecule has 6 heteroatoms. The van der Waals surface area contributed by atoms with Gasteiger partial charge in [-0.3, -0.25) is 9.78 Å². The van der Waals surface area contributed by atoms with Gasteiger partial charge in [0, 0.05) is 23.7 Å². The number of carbonyl (C=O) groups is 1. The summed E-state index contributed by atoms with van der Waals surface area (Å²) in [6.07, 6.45) is 2.33. The van der Waals surface area contributed by atoms with E-state index in [9.17, 15) is 4.79 Å². The first-order valence-electron chi connectivity index (χ1n) is 7.06. The average Bonchev–Trinajstić information content (AvgIpc) is 3.28. The fourth-order valence-corrected chi connectivity index (χ4v) is 2.61. The van der Waals surface area contributed by atoms with Crippen LogP contribution in [-0.2, 0) is 0 Å². The molecule has 1 aromatic carbocycles. The van der Waals surface area contributed by atoms with Crippen molar-refractivity contribution < 1.29 is 4.79 Å². The van der Waals surface area contributed by atoms with Crippen LogP contribution in [0.3, 0.4) is 0 Å². The number of amides is 1. The number of nitrogens with zero attached hydrogens (tertiary/aromatic N) is 1. The van der Waals surface area contributed by atoms with E-state index < -0.39 is 0 Å². The predicted molar refractivity (Wildman–Crippen MR) is 94.0 cm³/mol. The minimum Gasteiger partial charge on any atom is -0.348 e. The normalized spacial score (nSPS) is 14.6. The van der Waals surface area contributed by atoms with Gasteiger partial charge in [0.1, 0.15) is 0 Å². The molecule has 1 atom stereocenters. The highest BCUT2D eigenvalue weighted by Crippen LogP contribution is 2.32. The number of pyridine rings is 1. The Labute approximate surface area is 142 Å². The fraction of sp³-hybridized carbons (Fsp3) is 0.375. The van der Waals surface area contributed by atoms with Gasteiger partial charge < -0.3 is 11.1 Å². The van der Waals surface area contributed by atoms with Crippen LogP contribution in [0.25, 0.3) is 10.9 Å². The zero-order valence-corrected chi connectivity index (χ0v) is 14.0. The summed E-state index contributed by atoms with van der Waals surface area (Å²) in [5.41, 5.74) is 8.15. The Bertz CT molecular complexity index is 659. The summed E-state index contributed by atoms with van der Waals surface area (Å²) >= 11 is 0. The van der Waals surface area contributed by atoms with Crippen LogP contribution in [0.2, 0.25) is 0 Å². The van der Waals surface area contributed by atoms with Crippen molar-refractivity contribution in [3.63, 3.8) is 0 Å². The maximum absolute atomic E-state index is 12.5. The summed E-state index contributed by atoms with van der Waals surface area (Å²) in [6, 6.07) is 9.67. The van der Waals surface area contributed by atoms with E-state index in [2.05, 4.69) is 10.3 Å². The lowest BCUT2D eigenvalue weighted by Gasteiger charge is -2.17. The van der Waals surface area contributed by atoms with Gasteiger partial charge in [0.2, 0.25) is 0 Å². The molecule has 0 aliphatic heterocycles. The lowest BCUT2D eigenvalue weighted by Crippen LogP contribution is -2.41. The van der Waals surface area contributed by atoms with Gasteiger partial charge in [-0.25, -0.2) is 0 Å². The zero-order chi connectivity index (χ0) is 14.1. The molecule has 4 nitrogen and oxygen atoms in total. The Kier molecular flexibility index (Phi) is 6.60. The smallest absolute Gasteiger partial charge is 0.252 e. The molecule has 0 saturated heterocycles. The van der Waals surface area contributed by atoms with E-state index in [-0.39, 0.29) is 36.8 Å².